The van der Waals surface area contributed by atoms with Gasteiger partial charge in [-0.3, -0.25) is 4.79 Å². The van der Waals surface area contributed by atoms with Crippen LogP contribution in [0.15, 0.2) is 54.7 Å². The molecular formula is C27H30N4O2. The highest BCUT2D eigenvalue weighted by Gasteiger charge is 2.26. The number of benzene rings is 1. The van der Waals surface area contributed by atoms with Crippen LogP contribution in [-0.4, -0.2) is 40.5 Å². The molecular weight excluding hydrogens is 412 g/mol. The lowest BCUT2D eigenvalue weighted by molar-refractivity contribution is -0.131. The van der Waals surface area contributed by atoms with Crippen LogP contribution in [0.5, 0.6) is 5.75 Å². The Bertz CT molecular complexity index is 1150. The minimum Gasteiger partial charge on any atom is -0.493 e. The number of carbonyl (C=O) groups is 1. The van der Waals surface area contributed by atoms with Crippen molar-refractivity contribution in [3.63, 3.8) is 0 Å². The molecule has 2 aliphatic heterocycles. The number of hydrogen-bond donors (Lipinski definition) is 1. The van der Waals surface area contributed by atoms with Gasteiger partial charge in [-0.2, -0.15) is 0 Å². The maximum absolute atomic E-state index is 13.1. The number of fused-ring (bicyclic) bond motifs is 1. The van der Waals surface area contributed by atoms with Crippen LogP contribution in [0.1, 0.15) is 47.6 Å². The van der Waals surface area contributed by atoms with Crippen LogP contribution < -0.4 is 10.1 Å². The zero-order valence-corrected chi connectivity index (χ0v) is 19.1. The number of amides is 1. The van der Waals surface area contributed by atoms with Crippen molar-refractivity contribution in [3.8, 4) is 5.75 Å². The van der Waals surface area contributed by atoms with Crippen LogP contribution in [0.2, 0.25) is 0 Å². The normalized spacial score (nSPS) is 17.7. The van der Waals surface area contributed by atoms with Gasteiger partial charge in [-0.1, -0.05) is 24.3 Å². The lowest BCUT2D eigenvalue weighted by atomic mass is 9.93. The summed E-state index contributed by atoms with van der Waals surface area (Å²) in [6, 6.07) is 16.2. The van der Waals surface area contributed by atoms with Gasteiger partial charge in [0, 0.05) is 30.9 Å². The first-order valence-corrected chi connectivity index (χ1v) is 11.8. The average Bonchev–Trinajstić information content (AvgIpc) is 2.86. The van der Waals surface area contributed by atoms with E-state index in [9.17, 15) is 4.79 Å². The first-order chi connectivity index (χ1) is 16.2. The third kappa shape index (κ3) is 5.00. The van der Waals surface area contributed by atoms with Crippen molar-refractivity contribution in [2.24, 2.45) is 0 Å². The molecule has 0 radical (unpaired) electrons. The van der Waals surface area contributed by atoms with E-state index in [0.717, 1.165) is 73.0 Å². The second-order valence-corrected chi connectivity index (χ2v) is 8.99. The molecule has 1 amide bonds. The highest BCUT2D eigenvalue weighted by molar-refractivity contribution is 5.79. The molecule has 0 unspecified atom stereocenters. The summed E-state index contributed by atoms with van der Waals surface area (Å²) in [6.07, 6.45) is 6.32. The van der Waals surface area contributed by atoms with Gasteiger partial charge in [-0.15, -0.1) is 0 Å². The molecule has 1 aromatic carbocycles. The van der Waals surface area contributed by atoms with Crippen molar-refractivity contribution in [3.05, 3.63) is 77.1 Å². The maximum Gasteiger partial charge on any atom is 0.227 e. The van der Waals surface area contributed by atoms with Crippen molar-refractivity contribution < 1.29 is 9.53 Å². The summed E-state index contributed by atoms with van der Waals surface area (Å²) in [6.45, 7) is 4.34. The number of likely N-dealkylation sites (tertiary alicyclic amines) is 1. The largest absolute Gasteiger partial charge is 0.493 e. The fourth-order valence-electron chi connectivity index (χ4n) is 4.74. The zero-order valence-electron chi connectivity index (χ0n) is 19.1. The van der Waals surface area contributed by atoms with Gasteiger partial charge in [0.2, 0.25) is 5.91 Å². The Hall–Kier alpha value is -3.41. The van der Waals surface area contributed by atoms with Gasteiger partial charge in [-0.25, -0.2) is 9.97 Å². The second kappa shape index (κ2) is 9.61. The summed E-state index contributed by atoms with van der Waals surface area (Å²) < 4.78 is 5.71. The number of carbonyl (C=O) groups excluding carboxylic acids is 1. The van der Waals surface area contributed by atoms with E-state index in [1.807, 2.05) is 48.2 Å². The predicted octanol–water partition coefficient (Wildman–Crippen LogP) is 4.80. The molecule has 0 spiro atoms. The number of rotatable bonds is 5. The van der Waals surface area contributed by atoms with Crippen LogP contribution in [0.3, 0.4) is 0 Å². The first-order valence-electron chi connectivity index (χ1n) is 11.8. The zero-order chi connectivity index (χ0) is 22.6. The molecule has 33 heavy (non-hydrogen) atoms. The Morgan fingerprint density at radius 1 is 1.18 bits per heavy atom. The summed E-state index contributed by atoms with van der Waals surface area (Å²) in [5.74, 6) is 3.00. The fraction of sp³-hybridized carbons (Fsp3) is 0.370. The number of nitrogens with zero attached hydrogens (tertiary/aromatic N) is 3. The Balaban J connectivity index is 1.25. The molecule has 0 aliphatic carbocycles. The van der Waals surface area contributed by atoms with Gasteiger partial charge in [0.25, 0.3) is 0 Å². The second-order valence-electron chi connectivity index (χ2n) is 8.99. The van der Waals surface area contributed by atoms with Gasteiger partial charge in [0.15, 0.2) is 0 Å². The molecule has 6 nitrogen and oxygen atoms in total. The number of piperidine rings is 1. The number of hydrogen-bond acceptors (Lipinski definition) is 5. The molecule has 0 bridgehead atoms. The van der Waals surface area contributed by atoms with E-state index >= 15 is 0 Å². The van der Waals surface area contributed by atoms with E-state index in [2.05, 4.69) is 22.4 Å². The Morgan fingerprint density at radius 3 is 3.03 bits per heavy atom. The Kier molecular flexibility index (Phi) is 6.24. The minimum atomic E-state index is 0.190. The number of pyridine rings is 2. The van der Waals surface area contributed by atoms with E-state index in [-0.39, 0.29) is 11.8 Å². The monoisotopic (exact) mass is 442 g/mol. The third-order valence-corrected chi connectivity index (χ3v) is 6.55. The molecule has 1 saturated heterocycles. The molecule has 3 aromatic rings. The SMILES string of the molecule is Cc1cccnc1Nc1cccc([C@@H]2CCCN(C(=O)Cc3ccc4c(c3)CCCO4)C2)n1. The Morgan fingerprint density at radius 2 is 2.12 bits per heavy atom. The molecule has 1 atom stereocenters. The summed E-state index contributed by atoms with van der Waals surface area (Å²) in [5, 5.41) is 3.33. The third-order valence-electron chi connectivity index (χ3n) is 6.55. The highest BCUT2D eigenvalue weighted by Crippen LogP contribution is 2.29. The first kappa shape index (κ1) is 21.4. The molecule has 5 rings (SSSR count). The number of ether oxygens (including phenoxy) is 1. The standard InChI is InChI=1S/C27H30N4O2/c1-19-6-3-13-28-27(19)30-25-10-2-9-23(29-25)22-7-4-14-31(18-22)26(32)17-20-11-12-24-21(16-20)8-5-15-33-24/h2-3,6,9-13,16,22H,4-5,7-8,14-15,17-18H2,1H3,(H,28,29,30)/t22-/m1/s1. The molecule has 4 heterocycles. The number of aryl methyl sites for hydroxylation is 2. The van der Waals surface area contributed by atoms with Crippen molar-refractivity contribution in [1.29, 1.82) is 0 Å². The van der Waals surface area contributed by atoms with Crippen LogP contribution in [0.25, 0.3) is 0 Å². The smallest absolute Gasteiger partial charge is 0.227 e. The average molecular weight is 443 g/mol. The molecule has 170 valence electrons. The number of anilines is 2. The molecule has 1 N–H and O–H groups in total. The highest BCUT2D eigenvalue weighted by atomic mass is 16.5. The van der Waals surface area contributed by atoms with E-state index < -0.39 is 0 Å². The lowest BCUT2D eigenvalue weighted by Gasteiger charge is -2.33. The maximum atomic E-state index is 13.1. The van der Waals surface area contributed by atoms with Gasteiger partial charge in [0.05, 0.1) is 13.0 Å². The topological polar surface area (TPSA) is 67.4 Å². The summed E-state index contributed by atoms with van der Waals surface area (Å²) in [7, 11) is 0. The van der Waals surface area contributed by atoms with Crippen molar-refractivity contribution >= 4 is 17.5 Å². The summed E-state index contributed by atoms with van der Waals surface area (Å²) in [5.41, 5.74) is 4.39. The quantitative estimate of drug-likeness (QED) is 0.615. The summed E-state index contributed by atoms with van der Waals surface area (Å²) in [4.78, 5) is 24.4. The van der Waals surface area contributed by atoms with E-state index in [1.165, 1.54) is 5.56 Å². The molecule has 0 saturated carbocycles. The van der Waals surface area contributed by atoms with Crippen molar-refractivity contribution in [2.75, 3.05) is 25.0 Å². The lowest BCUT2D eigenvalue weighted by Crippen LogP contribution is -2.40. The van der Waals surface area contributed by atoms with Crippen molar-refractivity contribution in [1.82, 2.24) is 14.9 Å². The van der Waals surface area contributed by atoms with Gasteiger partial charge in [0.1, 0.15) is 17.4 Å². The molecule has 1 fully saturated rings. The van der Waals surface area contributed by atoms with Crippen LogP contribution in [0, 0.1) is 6.92 Å². The fourth-order valence-corrected chi connectivity index (χ4v) is 4.74. The van der Waals surface area contributed by atoms with E-state index in [4.69, 9.17) is 9.72 Å². The van der Waals surface area contributed by atoms with Gasteiger partial charge in [-0.05, 0) is 73.6 Å². The van der Waals surface area contributed by atoms with E-state index in [1.54, 1.807) is 6.20 Å². The number of nitrogens with one attached hydrogen (secondary N) is 1. The van der Waals surface area contributed by atoms with Gasteiger partial charge >= 0.3 is 0 Å². The molecule has 2 aliphatic rings. The van der Waals surface area contributed by atoms with Crippen LogP contribution in [-0.2, 0) is 17.6 Å². The van der Waals surface area contributed by atoms with E-state index in [0.29, 0.717) is 13.0 Å². The van der Waals surface area contributed by atoms with Crippen LogP contribution in [0.4, 0.5) is 11.6 Å². The van der Waals surface area contributed by atoms with Crippen molar-refractivity contribution in [2.45, 2.75) is 44.9 Å². The summed E-state index contributed by atoms with van der Waals surface area (Å²) >= 11 is 0. The van der Waals surface area contributed by atoms with Gasteiger partial charge < -0.3 is 15.0 Å². The minimum absolute atomic E-state index is 0.190. The predicted molar refractivity (Wildman–Crippen MR) is 129 cm³/mol. The number of aromatic nitrogens is 2. The molecule has 6 heteroatoms. The van der Waals surface area contributed by atoms with Crippen LogP contribution >= 0.6 is 0 Å². The molecule has 2 aromatic heterocycles. The Labute approximate surface area is 195 Å².